The lowest BCUT2D eigenvalue weighted by atomic mass is 10.0. The highest BCUT2D eigenvalue weighted by Crippen LogP contribution is 2.27. The van der Waals surface area contributed by atoms with Crippen molar-refractivity contribution in [3.05, 3.63) is 48.4 Å². The molecule has 136 valence electrons. The summed E-state index contributed by atoms with van der Waals surface area (Å²) in [7, 11) is 0. The Morgan fingerprint density at radius 1 is 1.15 bits per heavy atom. The molecule has 0 radical (unpaired) electrons. The molecule has 6 nitrogen and oxygen atoms in total. The van der Waals surface area contributed by atoms with Gasteiger partial charge in [-0.25, -0.2) is 0 Å². The first kappa shape index (κ1) is 18.4. The van der Waals surface area contributed by atoms with E-state index >= 15 is 0 Å². The van der Waals surface area contributed by atoms with E-state index in [1.807, 2.05) is 42.5 Å². The van der Waals surface area contributed by atoms with Crippen LogP contribution in [0.4, 0.5) is 0 Å². The van der Waals surface area contributed by atoms with Gasteiger partial charge in [0.25, 0.3) is 5.89 Å². The van der Waals surface area contributed by atoms with Crippen LogP contribution >= 0.6 is 11.8 Å². The third kappa shape index (κ3) is 4.05. The SMILES string of the molecule is CCN(CC)CCS/C(=N\O)c1nc(-c2cccc3ccccc23)no1. The molecule has 1 N–H and O–H groups in total. The molecule has 3 rings (SSSR count). The Hall–Kier alpha value is -2.38. The molecule has 3 aromatic rings. The zero-order chi connectivity index (χ0) is 18.4. The molecule has 7 heteroatoms. The molecular formula is C19H22N4O2S. The van der Waals surface area contributed by atoms with Crippen LogP contribution in [-0.4, -0.2) is 50.7 Å². The summed E-state index contributed by atoms with van der Waals surface area (Å²) >= 11 is 1.41. The molecule has 2 aromatic carbocycles. The number of aromatic nitrogens is 2. The fraction of sp³-hybridized carbons (Fsp3) is 0.316. The van der Waals surface area contributed by atoms with Crippen LogP contribution in [0.5, 0.6) is 0 Å². The average molecular weight is 370 g/mol. The quantitative estimate of drug-likeness (QED) is 0.292. The second-order valence-corrected chi connectivity index (χ2v) is 6.81. The number of rotatable bonds is 7. The lowest BCUT2D eigenvalue weighted by Gasteiger charge is -2.16. The maximum absolute atomic E-state index is 9.34. The summed E-state index contributed by atoms with van der Waals surface area (Å²) in [5.74, 6) is 1.51. The third-order valence-corrected chi connectivity index (χ3v) is 5.19. The predicted molar refractivity (Wildman–Crippen MR) is 106 cm³/mol. The molecule has 26 heavy (non-hydrogen) atoms. The molecule has 0 saturated heterocycles. The highest BCUT2D eigenvalue weighted by molar-refractivity contribution is 8.14. The zero-order valence-corrected chi connectivity index (χ0v) is 15.7. The van der Waals surface area contributed by atoms with E-state index in [4.69, 9.17) is 4.52 Å². The zero-order valence-electron chi connectivity index (χ0n) is 14.9. The molecule has 0 amide bonds. The first-order valence-electron chi connectivity index (χ1n) is 8.66. The molecule has 0 aliphatic carbocycles. The number of hydrogen-bond acceptors (Lipinski definition) is 7. The van der Waals surface area contributed by atoms with Crippen molar-refractivity contribution in [1.82, 2.24) is 15.0 Å². The maximum atomic E-state index is 9.34. The lowest BCUT2D eigenvalue weighted by Crippen LogP contribution is -2.25. The molecule has 0 aliphatic heterocycles. The second-order valence-electron chi connectivity index (χ2n) is 5.73. The fourth-order valence-corrected chi connectivity index (χ4v) is 3.59. The van der Waals surface area contributed by atoms with Gasteiger partial charge in [0.1, 0.15) is 0 Å². The normalized spacial score (nSPS) is 12.2. The van der Waals surface area contributed by atoms with E-state index in [9.17, 15) is 5.21 Å². The fourth-order valence-electron chi connectivity index (χ4n) is 2.78. The molecule has 0 unspecified atom stereocenters. The van der Waals surface area contributed by atoms with Crippen molar-refractivity contribution >= 4 is 27.6 Å². The lowest BCUT2D eigenvalue weighted by molar-refractivity contribution is 0.317. The van der Waals surface area contributed by atoms with Gasteiger partial charge in [0, 0.05) is 17.9 Å². The van der Waals surface area contributed by atoms with Crippen molar-refractivity contribution in [2.45, 2.75) is 13.8 Å². The van der Waals surface area contributed by atoms with E-state index in [-0.39, 0.29) is 5.89 Å². The Kier molecular flexibility index (Phi) is 6.25. The van der Waals surface area contributed by atoms with Gasteiger partial charge in [-0.2, -0.15) is 4.98 Å². The summed E-state index contributed by atoms with van der Waals surface area (Å²) < 4.78 is 5.34. The van der Waals surface area contributed by atoms with Crippen molar-refractivity contribution in [2.75, 3.05) is 25.4 Å². The minimum absolute atomic E-state index is 0.236. The van der Waals surface area contributed by atoms with Gasteiger partial charge in [-0.1, -0.05) is 78.4 Å². The largest absolute Gasteiger partial charge is 0.410 e. The smallest absolute Gasteiger partial charge is 0.286 e. The summed E-state index contributed by atoms with van der Waals surface area (Å²) in [6.45, 7) is 7.15. The standard InChI is InChI=1S/C19H22N4O2S/c1-3-23(4-2)12-13-26-19(21-24)18-20-17(22-25-18)16-11-7-9-14-8-5-6-10-15(14)16/h5-11,24H,3-4,12-13H2,1-2H3/b21-19-. The first-order valence-corrected chi connectivity index (χ1v) is 9.64. The molecule has 0 spiro atoms. The van der Waals surface area contributed by atoms with Gasteiger partial charge in [-0.15, -0.1) is 0 Å². The van der Waals surface area contributed by atoms with Crippen LogP contribution in [0.25, 0.3) is 22.2 Å². The van der Waals surface area contributed by atoms with Gasteiger partial charge in [0.2, 0.25) is 10.9 Å². The monoisotopic (exact) mass is 370 g/mol. The van der Waals surface area contributed by atoms with Gasteiger partial charge >= 0.3 is 0 Å². The molecular weight excluding hydrogens is 348 g/mol. The topological polar surface area (TPSA) is 74.8 Å². The first-order chi connectivity index (χ1) is 12.8. The van der Waals surface area contributed by atoms with Crippen molar-refractivity contribution in [3.63, 3.8) is 0 Å². The van der Waals surface area contributed by atoms with E-state index in [0.29, 0.717) is 10.9 Å². The summed E-state index contributed by atoms with van der Waals surface area (Å²) in [6, 6.07) is 14.0. The molecule has 0 fully saturated rings. The van der Waals surface area contributed by atoms with E-state index in [1.165, 1.54) is 11.8 Å². The van der Waals surface area contributed by atoms with E-state index < -0.39 is 0 Å². The molecule has 0 saturated carbocycles. The molecule has 0 bridgehead atoms. The van der Waals surface area contributed by atoms with Crippen LogP contribution in [0.1, 0.15) is 19.7 Å². The minimum atomic E-state index is 0.236. The third-order valence-electron chi connectivity index (χ3n) is 4.27. The van der Waals surface area contributed by atoms with Gasteiger partial charge < -0.3 is 14.6 Å². The average Bonchev–Trinajstić information content (AvgIpc) is 3.17. The van der Waals surface area contributed by atoms with E-state index in [2.05, 4.69) is 34.0 Å². The van der Waals surface area contributed by atoms with Crippen LogP contribution in [0.15, 0.2) is 52.1 Å². The van der Waals surface area contributed by atoms with Crippen LogP contribution in [0, 0.1) is 0 Å². The van der Waals surface area contributed by atoms with Crippen molar-refractivity contribution in [1.29, 1.82) is 0 Å². The molecule has 0 aliphatic rings. The van der Waals surface area contributed by atoms with Crippen molar-refractivity contribution < 1.29 is 9.73 Å². The predicted octanol–water partition coefficient (Wildman–Crippen LogP) is 4.10. The van der Waals surface area contributed by atoms with Crippen molar-refractivity contribution in [3.8, 4) is 11.4 Å². The molecule has 1 aromatic heterocycles. The maximum Gasteiger partial charge on any atom is 0.286 e. The summed E-state index contributed by atoms with van der Waals surface area (Å²) in [5, 5.41) is 19.3. The summed E-state index contributed by atoms with van der Waals surface area (Å²) in [5.41, 5.74) is 0.892. The Labute approximate surface area is 156 Å². The van der Waals surface area contributed by atoms with Crippen LogP contribution in [-0.2, 0) is 0 Å². The Morgan fingerprint density at radius 3 is 2.69 bits per heavy atom. The van der Waals surface area contributed by atoms with E-state index in [0.717, 1.165) is 41.7 Å². The number of fused-ring (bicyclic) bond motifs is 1. The Balaban J connectivity index is 1.78. The number of thioether (sulfide) groups is 1. The van der Waals surface area contributed by atoms with E-state index in [1.54, 1.807) is 0 Å². The van der Waals surface area contributed by atoms with Crippen molar-refractivity contribution in [2.24, 2.45) is 5.16 Å². The Morgan fingerprint density at radius 2 is 1.92 bits per heavy atom. The molecule has 0 atom stereocenters. The number of nitrogens with zero attached hydrogens (tertiary/aromatic N) is 4. The number of hydrogen-bond donors (Lipinski definition) is 1. The molecule has 1 heterocycles. The second kappa shape index (κ2) is 8.82. The van der Waals surface area contributed by atoms with Gasteiger partial charge in [-0.05, 0) is 23.9 Å². The van der Waals surface area contributed by atoms with Gasteiger partial charge in [0.05, 0.1) is 0 Å². The highest BCUT2D eigenvalue weighted by Gasteiger charge is 2.17. The summed E-state index contributed by atoms with van der Waals surface area (Å²) in [6.07, 6.45) is 0. The summed E-state index contributed by atoms with van der Waals surface area (Å²) in [4.78, 5) is 6.74. The minimum Gasteiger partial charge on any atom is -0.410 e. The number of oxime groups is 1. The van der Waals surface area contributed by atoms with Crippen LogP contribution < -0.4 is 0 Å². The van der Waals surface area contributed by atoms with Crippen LogP contribution in [0.3, 0.4) is 0 Å². The highest BCUT2D eigenvalue weighted by atomic mass is 32.2. The van der Waals surface area contributed by atoms with Crippen LogP contribution in [0.2, 0.25) is 0 Å². The number of benzene rings is 2. The van der Waals surface area contributed by atoms with Gasteiger partial charge in [-0.3, -0.25) is 0 Å². The Bertz CT molecular complexity index is 885. The van der Waals surface area contributed by atoms with Gasteiger partial charge in [0.15, 0.2) is 0 Å².